The van der Waals surface area contributed by atoms with E-state index in [1.807, 2.05) is 30.3 Å². The van der Waals surface area contributed by atoms with Crippen LogP contribution < -0.4 is 21.3 Å². The predicted molar refractivity (Wildman–Crippen MR) is 189 cm³/mol. The predicted octanol–water partition coefficient (Wildman–Crippen LogP) is 2.57. The van der Waals surface area contributed by atoms with Crippen LogP contribution in [-0.2, 0) is 25.6 Å². The van der Waals surface area contributed by atoms with Crippen LogP contribution in [0.25, 0.3) is 0 Å². The largest absolute Gasteiger partial charge is 0.345 e. The second-order valence-corrected chi connectivity index (χ2v) is 13.8. The van der Waals surface area contributed by atoms with Crippen LogP contribution in [0.2, 0.25) is 5.02 Å². The van der Waals surface area contributed by atoms with E-state index < -0.39 is 59.6 Å². The number of likely N-dealkylation sites (N-methyl/N-ethyl adjacent to an activating group) is 1. The van der Waals surface area contributed by atoms with Crippen molar-refractivity contribution >= 4 is 58.4 Å². The highest BCUT2D eigenvalue weighted by molar-refractivity contribution is 7.09. The van der Waals surface area contributed by atoms with Crippen LogP contribution in [0.5, 0.6) is 0 Å². The van der Waals surface area contributed by atoms with Gasteiger partial charge in [-0.3, -0.25) is 28.8 Å². The molecule has 2 heterocycles. The number of benzene rings is 2. The summed E-state index contributed by atoms with van der Waals surface area (Å²) in [7, 11) is 1.53. The van der Waals surface area contributed by atoms with Gasteiger partial charge in [0.2, 0.25) is 23.6 Å². The van der Waals surface area contributed by atoms with Gasteiger partial charge in [-0.25, -0.2) is 4.98 Å². The molecule has 15 heteroatoms. The zero-order valence-electron chi connectivity index (χ0n) is 28.6. The Kier molecular flexibility index (Phi) is 13.1. The first kappa shape index (κ1) is 38.0. The molecule has 266 valence electrons. The maximum Gasteiger partial charge on any atom is 0.271 e. The number of carbonyl (C=O) groups excluding carboxylic acids is 6. The molecule has 0 unspecified atom stereocenters. The van der Waals surface area contributed by atoms with Gasteiger partial charge < -0.3 is 31.1 Å². The van der Waals surface area contributed by atoms with Crippen LogP contribution in [0.4, 0.5) is 0 Å². The van der Waals surface area contributed by atoms with E-state index in [1.54, 1.807) is 38.1 Å². The Bertz CT molecular complexity index is 1720. The average molecular weight is 724 g/mol. The van der Waals surface area contributed by atoms with Gasteiger partial charge in [0.1, 0.15) is 28.8 Å². The molecule has 3 aromatic rings. The fourth-order valence-electron chi connectivity index (χ4n) is 5.30. The fraction of sp³-hybridized carbons (Fsp3) is 0.400. The van der Waals surface area contributed by atoms with Crippen LogP contribution in [0.1, 0.15) is 65.2 Å². The first-order valence-corrected chi connectivity index (χ1v) is 17.5. The lowest BCUT2D eigenvalue weighted by molar-refractivity contribution is -0.136. The van der Waals surface area contributed by atoms with E-state index in [-0.39, 0.29) is 41.8 Å². The summed E-state index contributed by atoms with van der Waals surface area (Å²) in [6, 6.07) is 12.2. The van der Waals surface area contributed by atoms with Gasteiger partial charge in [-0.05, 0) is 43.9 Å². The van der Waals surface area contributed by atoms with Crippen molar-refractivity contribution in [2.75, 3.05) is 26.7 Å². The molecule has 1 aromatic heterocycles. The minimum atomic E-state index is -1.03. The molecule has 0 spiro atoms. The van der Waals surface area contributed by atoms with Crippen LogP contribution in [0.15, 0.2) is 60.0 Å². The second-order valence-electron chi connectivity index (χ2n) is 12.5. The van der Waals surface area contributed by atoms with E-state index >= 15 is 0 Å². The monoisotopic (exact) mass is 723 g/mol. The molecule has 13 nitrogen and oxygen atoms in total. The molecule has 2 bridgehead atoms. The van der Waals surface area contributed by atoms with Crippen molar-refractivity contribution < 1.29 is 28.8 Å². The lowest BCUT2D eigenvalue weighted by atomic mass is 10.0. The standard InChI is InChI=1S/C35H42ClN7O6S/c1-20(2)29-32(47)38-22(4)34(48)42(5)15-16-43(35(49)24-13-9-10-14-25(24)36)18-28(44)39-26(17-23-11-7-6-8-12-23)33-40-27(19-50-33)31(46)37-21(3)30(45)41-29/h6-14,19-22,26,29H,15-18H2,1-5H3,(H,37,46)(H,38,47)(H,39,44)(H,41,45)/t21-,22+,26-,29-/m0/s1. The van der Waals surface area contributed by atoms with Gasteiger partial charge in [0.15, 0.2) is 0 Å². The zero-order valence-corrected chi connectivity index (χ0v) is 30.1. The molecule has 4 atom stereocenters. The third kappa shape index (κ3) is 9.88. The average Bonchev–Trinajstić information content (AvgIpc) is 3.58. The Hall–Kier alpha value is -4.82. The van der Waals surface area contributed by atoms with Crippen molar-refractivity contribution in [3.05, 3.63) is 86.8 Å². The van der Waals surface area contributed by atoms with Gasteiger partial charge in [0.25, 0.3) is 11.8 Å². The Morgan fingerprint density at radius 2 is 1.58 bits per heavy atom. The van der Waals surface area contributed by atoms with Gasteiger partial charge in [-0.1, -0.05) is 67.9 Å². The lowest BCUT2D eigenvalue weighted by Crippen LogP contribution is -2.57. The highest BCUT2D eigenvalue weighted by Crippen LogP contribution is 2.23. The SMILES string of the molecule is CC(C)[C@@H]1NC(=O)[C@H](C)NC(=O)c2csc(n2)[C@H](Cc2ccccc2)NC(=O)CN(C(=O)c2ccccc2Cl)CCN(C)C(=O)[C@@H](C)NC1=O. The van der Waals surface area contributed by atoms with E-state index in [1.165, 1.54) is 47.4 Å². The molecule has 0 saturated carbocycles. The summed E-state index contributed by atoms with van der Waals surface area (Å²) in [6.45, 7) is 6.12. The van der Waals surface area contributed by atoms with Crippen molar-refractivity contribution in [1.82, 2.24) is 36.1 Å². The number of thiazole rings is 1. The lowest BCUT2D eigenvalue weighted by Gasteiger charge is -2.29. The smallest absolute Gasteiger partial charge is 0.271 e. The number of hydrogen-bond donors (Lipinski definition) is 4. The van der Waals surface area contributed by atoms with Gasteiger partial charge in [-0.15, -0.1) is 11.3 Å². The summed E-state index contributed by atoms with van der Waals surface area (Å²) in [5, 5.41) is 13.1. The number of rotatable bonds is 4. The number of halogens is 1. The van der Waals surface area contributed by atoms with Gasteiger partial charge in [0, 0.05) is 25.5 Å². The summed E-state index contributed by atoms with van der Waals surface area (Å²) >= 11 is 7.53. The quantitative estimate of drug-likeness (QED) is 0.321. The van der Waals surface area contributed by atoms with Crippen molar-refractivity contribution in [1.29, 1.82) is 0 Å². The van der Waals surface area contributed by atoms with E-state index in [4.69, 9.17) is 11.6 Å². The molecule has 4 rings (SSSR count). The van der Waals surface area contributed by atoms with E-state index in [0.717, 1.165) is 5.56 Å². The second kappa shape index (κ2) is 17.2. The molecule has 0 radical (unpaired) electrons. The number of nitrogens with zero attached hydrogens (tertiary/aromatic N) is 3. The van der Waals surface area contributed by atoms with Crippen molar-refractivity contribution in [3.8, 4) is 0 Å². The van der Waals surface area contributed by atoms with Crippen LogP contribution in [-0.4, -0.2) is 95.0 Å². The number of hydrogen-bond acceptors (Lipinski definition) is 8. The molecule has 50 heavy (non-hydrogen) atoms. The molecule has 0 saturated heterocycles. The highest BCUT2D eigenvalue weighted by Gasteiger charge is 2.31. The van der Waals surface area contributed by atoms with E-state index in [9.17, 15) is 28.8 Å². The maximum absolute atomic E-state index is 13.8. The molecule has 2 aromatic carbocycles. The minimum absolute atomic E-state index is 0.0292. The summed E-state index contributed by atoms with van der Waals surface area (Å²) in [5.74, 6) is -3.59. The molecule has 4 N–H and O–H groups in total. The molecular weight excluding hydrogens is 682 g/mol. The number of amides is 6. The highest BCUT2D eigenvalue weighted by atomic mass is 35.5. The summed E-state index contributed by atoms with van der Waals surface area (Å²) in [6.07, 6.45) is 0.338. The third-order valence-electron chi connectivity index (χ3n) is 8.20. The van der Waals surface area contributed by atoms with E-state index in [2.05, 4.69) is 26.3 Å². The van der Waals surface area contributed by atoms with Gasteiger partial charge >= 0.3 is 0 Å². The Labute approximate surface area is 300 Å². The van der Waals surface area contributed by atoms with Gasteiger partial charge in [0.05, 0.1) is 23.2 Å². The zero-order chi connectivity index (χ0) is 36.5. The molecule has 6 amide bonds. The van der Waals surface area contributed by atoms with Crippen molar-refractivity contribution in [3.63, 3.8) is 0 Å². The van der Waals surface area contributed by atoms with Gasteiger partial charge in [-0.2, -0.15) is 0 Å². The summed E-state index contributed by atoms with van der Waals surface area (Å²) in [4.78, 5) is 87.5. The number of carbonyl (C=O) groups is 6. The Morgan fingerprint density at radius 1 is 0.900 bits per heavy atom. The first-order valence-electron chi connectivity index (χ1n) is 16.2. The Balaban J connectivity index is 1.70. The number of aromatic nitrogens is 1. The normalized spacial score (nSPS) is 21.9. The molecule has 0 fully saturated rings. The van der Waals surface area contributed by atoms with E-state index in [0.29, 0.717) is 11.4 Å². The molecule has 1 aliphatic rings. The third-order valence-corrected chi connectivity index (χ3v) is 9.48. The fourth-order valence-corrected chi connectivity index (χ4v) is 6.36. The van der Waals surface area contributed by atoms with Crippen molar-refractivity contribution in [2.45, 2.75) is 58.3 Å². The van der Waals surface area contributed by atoms with Crippen LogP contribution in [0, 0.1) is 5.92 Å². The maximum atomic E-state index is 13.8. The summed E-state index contributed by atoms with van der Waals surface area (Å²) < 4.78 is 0. The van der Waals surface area contributed by atoms with Crippen molar-refractivity contribution in [2.24, 2.45) is 5.92 Å². The number of nitrogens with one attached hydrogen (secondary N) is 4. The molecule has 1 aliphatic heterocycles. The van der Waals surface area contributed by atoms with Crippen LogP contribution in [0.3, 0.4) is 0 Å². The first-order chi connectivity index (χ1) is 23.7. The topological polar surface area (TPSA) is 170 Å². The Morgan fingerprint density at radius 3 is 2.26 bits per heavy atom. The molecular formula is C35H42ClN7O6S. The summed E-state index contributed by atoms with van der Waals surface area (Å²) in [5.41, 5.74) is 1.14. The molecule has 0 aliphatic carbocycles. The van der Waals surface area contributed by atoms with Crippen LogP contribution >= 0.6 is 22.9 Å². The minimum Gasteiger partial charge on any atom is -0.345 e. The number of fused-ring (bicyclic) bond motifs is 2.